The topological polar surface area (TPSA) is 25.2 Å². The zero-order valence-corrected chi connectivity index (χ0v) is 20.8. The van der Waals surface area contributed by atoms with E-state index >= 15 is 0 Å². The van der Waals surface area contributed by atoms with E-state index in [0.717, 1.165) is 47.2 Å². The van der Waals surface area contributed by atoms with Crippen LogP contribution in [0.5, 0.6) is 0 Å². The second-order valence-electron chi connectivity index (χ2n) is 9.19. The molecule has 0 radical (unpaired) electrons. The van der Waals surface area contributed by atoms with Gasteiger partial charge in [-0.25, -0.2) is 0 Å². The molecule has 0 aliphatic carbocycles. The van der Waals surface area contributed by atoms with Crippen molar-refractivity contribution in [2.24, 2.45) is 0 Å². The third kappa shape index (κ3) is 5.06. The van der Waals surface area contributed by atoms with Gasteiger partial charge in [-0.15, -0.1) is 0 Å². The van der Waals surface area contributed by atoms with E-state index in [-0.39, 0.29) is 6.61 Å². The van der Waals surface area contributed by atoms with Crippen LogP contribution in [0.3, 0.4) is 0 Å². The summed E-state index contributed by atoms with van der Waals surface area (Å²) < 4.78 is 2.43. The Bertz CT molecular complexity index is 1650. The molecule has 4 aromatic carbocycles. The highest BCUT2D eigenvalue weighted by molar-refractivity contribution is 6.09. The molecule has 0 unspecified atom stereocenters. The Kier molecular flexibility index (Phi) is 6.90. The molecule has 0 saturated heterocycles. The average molecular weight is 468 g/mol. The van der Waals surface area contributed by atoms with Crippen LogP contribution in [-0.4, -0.2) is 9.67 Å². The van der Waals surface area contributed by atoms with Crippen LogP contribution < -0.4 is 0 Å². The van der Waals surface area contributed by atoms with Crippen LogP contribution in [0.2, 0.25) is 0 Å². The van der Waals surface area contributed by atoms with Crippen LogP contribution >= 0.6 is 0 Å². The minimum absolute atomic E-state index is 0.0455. The number of fused-ring (bicyclic) bond motifs is 3. The number of benzene rings is 4. The number of unbranched alkanes of at least 4 members (excludes halogenated alkanes) is 1. The number of aliphatic hydroxyl groups excluding tert-OH is 1. The Morgan fingerprint density at radius 1 is 0.639 bits per heavy atom. The summed E-state index contributed by atoms with van der Waals surface area (Å²) in [6.45, 7) is 5.36. The van der Waals surface area contributed by atoms with Crippen LogP contribution in [0, 0.1) is 30.6 Å². The fourth-order valence-corrected chi connectivity index (χ4v) is 4.44. The SMILES string of the molecule is CCCCn1c2ccc(C#Cc3ccc(C)cc3)cc2c2cc(C#Cc3ccc(CO)cc3)ccc21. The van der Waals surface area contributed by atoms with Gasteiger partial charge in [-0.05, 0) is 79.6 Å². The van der Waals surface area contributed by atoms with E-state index in [2.05, 4.69) is 103 Å². The molecule has 1 aromatic heterocycles. The van der Waals surface area contributed by atoms with Crippen molar-refractivity contribution in [3.63, 3.8) is 0 Å². The quantitative estimate of drug-likeness (QED) is 0.278. The van der Waals surface area contributed by atoms with Gasteiger partial charge in [-0.3, -0.25) is 0 Å². The molecule has 2 nitrogen and oxygen atoms in total. The maximum atomic E-state index is 9.25. The predicted octanol–water partition coefficient (Wildman–Crippen LogP) is 7.19. The zero-order valence-electron chi connectivity index (χ0n) is 20.8. The molecule has 0 amide bonds. The number of aryl methyl sites for hydroxylation is 2. The molecule has 1 heterocycles. The van der Waals surface area contributed by atoms with Gasteiger partial charge in [-0.1, -0.05) is 66.9 Å². The van der Waals surface area contributed by atoms with Crippen LogP contribution in [0.1, 0.15) is 53.1 Å². The summed E-state index contributed by atoms with van der Waals surface area (Å²) in [5.74, 6) is 13.2. The van der Waals surface area contributed by atoms with E-state index in [4.69, 9.17) is 0 Å². The predicted molar refractivity (Wildman–Crippen MR) is 150 cm³/mol. The van der Waals surface area contributed by atoms with Crippen LogP contribution in [0.15, 0.2) is 84.9 Å². The van der Waals surface area contributed by atoms with E-state index in [1.165, 1.54) is 27.4 Å². The molecule has 0 saturated carbocycles. The Hall–Kier alpha value is -4.24. The Balaban J connectivity index is 1.57. The second kappa shape index (κ2) is 10.6. The molecule has 0 aliphatic rings. The number of rotatable bonds is 4. The van der Waals surface area contributed by atoms with Gasteiger partial charge in [0.1, 0.15) is 0 Å². The monoisotopic (exact) mass is 467 g/mol. The summed E-state index contributed by atoms with van der Waals surface area (Å²) >= 11 is 0. The van der Waals surface area contributed by atoms with Crippen molar-refractivity contribution in [3.8, 4) is 23.7 Å². The molecular formula is C34H29NO. The maximum absolute atomic E-state index is 9.25. The summed E-state index contributed by atoms with van der Waals surface area (Å²) in [6, 6.07) is 29.1. The third-order valence-corrected chi connectivity index (χ3v) is 6.49. The minimum Gasteiger partial charge on any atom is -0.392 e. The first-order chi connectivity index (χ1) is 17.6. The molecule has 2 heteroatoms. The largest absolute Gasteiger partial charge is 0.392 e. The van der Waals surface area contributed by atoms with Crippen LogP contribution in [-0.2, 0) is 13.2 Å². The Morgan fingerprint density at radius 3 is 1.61 bits per heavy atom. The van der Waals surface area contributed by atoms with Crippen molar-refractivity contribution in [2.45, 2.75) is 39.8 Å². The zero-order chi connectivity index (χ0) is 24.9. The molecule has 0 spiro atoms. The number of aromatic nitrogens is 1. The van der Waals surface area contributed by atoms with Crippen LogP contribution in [0.4, 0.5) is 0 Å². The van der Waals surface area contributed by atoms with Crippen molar-refractivity contribution >= 4 is 21.8 Å². The average Bonchev–Trinajstić information content (AvgIpc) is 3.22. The molecule has 1 N–H and O–H groups in total. The second-order valence-corrected chi connectivity index (χ2v) is 9.19. The Morgan fingerprint density at radius 2 is 1.11 bits per heavy atom. The highest BCUT2D eigenvalue weighted by atomic mass is 16.3. The van der Waals surface area contributed by atoms with Crippen LogP contribution in [0.25, 0.3) is 21.8 Å². The highest BCUT2D eigenvalue weighted by Crippen LogP contribution is 2.31. The normalized spacial score (nSPS) is 10.6. The fourth-order valence-electron chi connectivity index (χ4n) is 4.44. The van der Waals surface area contributed by atoms with Crippen molar-refractivity contribution in [2.75, 3.05) is 0 Å². The van der Waals surface area contributed by atoms with Crippen molar-refractivity contribution in [1.29, 1.82) is 0 Å². The van der Waals surface area contributed by atoms with E-state index in [0.29, 0.717) is 0 Å². The lowest BCUT2D eigenvalue weighted by atomic mass is 10.1. The van der Waals surface area contributed by atoms with Gasteiger partial charge in [0.15, 0.2) is 0 Å². The number of hydrogen-bond donors (Lipinski definition) is 1. The summed E-state index contributed by atoms with van der Waals surface area (Å²) in [5.41, 5.74) is 8.56. The number of hydrogen-bond acceptors (Lipinski definition) is 1. The van der Waals surface area contributed by atoms with Gasteiger partial charge in [0, 0.05) is 50.6 Å². The number of nitrogens with zero attached hydrogens (tertiary/aromatic N) is 1. The molecule has 0 atom stereocenters. The lowest BCUT2D eigenvalue weighted by Gasteiger charge is -2.06. The summed E-state index contributed by atoms with van der Waals surface area (Å²) in [5, 5.41) is 11.7. The maximum Gasteiger partial charge on any atom is 0.0681 e. The van der Waals surface area contributed by atoms with Gasteiger partial charge >= 0.3 is 0 Å². The smallest absolute Gasteiger partial charge is 0.0681 e. The standard InChI is InChI=1S/C34H29NO/c1-3-4-21-35-33-19-17-28(13-9-26-7-5-25(2)6-8-26)22-31(33)32-23-29(18-20-34(32)35)14-10-27-11-15-30(24-36)16-12-27/h5-8,11-12,15-20,22-23,36H,3-4,21,24H2,1-2H3. The summed E-state index contributed by atoms with van der Waals surface area (Å²) in [7, 11) is 0. The highest BCUT2D eigenvalue weighted by Gasteiger charge is 2.11. The van der Waals surface area contributed by atoms with Gasteiger partial charge in [0.05, 0.1) is 6.61 Å². The van der Waals surface area contributed by atoms with E-state index in [1.807, 2.05) is 24.3 Å². The van der Waals surface area contributed by atoms with Crippen molar-refractivity contribution in [1.82, 2.24) is 4.57 Å². The molecule has 0 fully saturated rings. The molecule has 0 bridgehead atoms. The van der Waals surface area contributed by atoms with E-state index < -0.39 is 0 Å². The summed E-state index contributed by atoms with van der Waals surface area (Å²) in [6.07, 6.45) is 2.29. The minimum atomic E-state index is 0.0455. The molecule has 5 rings (SSSR count). The molecule has 176 valence electrons. The first-order valence-corrected chi connectivity index (χ1v) is 12.5. The molecular weight excluding hydrogens is 438 g/mol. The van der Waals surface area contributed by atoms with E-state index in [1.54, 1.807) is 0 Å². The lowest BCUT2D eigenvalue weighted by molar-refractivity contribution is 0.282. The molecule has 0 aliphatic heterocycles. The summed E-state index contributed by atoms with van der Waals surface area (Å²) in [4.78, 5) is 0. The molecule has 36 heavy (non-hydrogen) atoms. The lowest BCUT2D eigenvalue weighted by Crippen LogP contribution is -1.97. The van der Waals surface area contributed by atoms with Gasteiger partial charge in [0.2, 0.25) is 0 Å². The third-order valence-electron chi connectivity index (χ3n) is 6.49. The van der Waals surface area contributed by atoms with E-state index in [9.17, 15) is 5.11 Å². The number of aliphatic hydroxyl groups is 1. The van der Waals surface area contributed by atoms with Gasteiger partial charge in [0.25, 0.3) is 0 Å². The molecule has 5 aromatic rings. The Labute approximate surface area is 213 Å². The first kappa shape index (κ1) is 23.5. The fraction of sp³-hybridized carbons (Fsp3) is 0.176. The first-order valence-electron chi connectivity index (χ1n) is 12.5. The van der Waals surface area contributed by atoms with Gasteiger partial charge < -0.3 is 9.67 Å². The van der Waals surface area contributed by atoms with Gasteiger partial charge in [-0.2, -0.15) is 0 Å². The van der Waals surface area contributed by atoms with Crippen molar-refractivity contribution in [3.05, 3.63) is 118 Å². The van der Waals surface area contributed by atoms with Crippen molar-refractivity contribution < 1.29 is 5.11 Å².